The van der Waals surface area contributed by atoms with Crippen LogP contribution in [0, 0.1) is 0 Å². The Morgan fingerprint density at radius 3 is 0.909 bits per heavy atom. The van der Waals surface area contributed by atoms with Crippen molar-refractivity contribution in [2.75, 3.05) is 55.4 Å². The summed E-state index contributed by atoms with van der Waals surface area (Å²) in [7, 11) is 0. The maximum atomic E-state index is 13.3. The summed E-state index contributed by atoms with van der Waals surface area (Å²) in [5.74, 6) is 0.227. The highest BCUT2D eigenvalue weighted by molar-refractivity contribution is 6.06. The molecule has 15 nitrogen and oxygen atoms in total. The van der Waals surface area contributed by atoms with Crippen molar-refractivity contribution in [3.8, 4) is 33.4 Å². The fourth-order valence-electron chi connectivity index (χ4n) is 7.46. The molecule has 0 saturated heterocycles. The predicted octanol–water partition coefficient (Wildman–Crippen LogP) is 7.96. The number of amides is 3. The smallest absolute Gasteiger partial charge is 0.274 e. The van der Waals surface area contributed by atoms with Gasteiger partial charge in [0.2, 0.25) is 17.7 Å². The second-order valence-corrected chi connectivity index (χ2v) is 15.2. The molecule has 324 valence electrons. The van der Waals surface area contributed by atoms with Gasteiger partial charge in [0.05, 0.1) is 19.6 Å². The van der Waals surface area contributed by atoms with Crippen molar-refractivity contribution in [3.05, 3.63) is 180 Å². The van der Waals surface area contributed by atoms with Crippen LogP contribution in [-0.2, 0) is 14.2 Å². The van der Waals surface area contributed by atoms with Gasteiger partial charge in [-0.1, -0.05) is 54.6 Å². The van der Waals surface area contributed by atoms with Gasteiger partial charge >= 0.3 is 0 Å². The molecule has 0 bridgehead atoms. The second kappa shape index (κ2) is 18.5. The molecule has 0 aliphatic carbocycles. The van der Waals surface area contributed by atoms with E-state index in [0.717, 1.165) is 33.4 Å². The minimum absolute atomic E-state index is 0.245. The molecular weight excluding hydrogens is 835 g/mol. The van der Waals surface area contributed by atoms with Crippen LogP contribution in [0.4, 0.5) is 17.1 Å². The molecule has 3 amide bonds. The van der Waals surface area contributed by atoms with E-state index in [1.54, 1.807) is 54.6 Å². The molecule has 66 heavy (non-hydrogen) atoms. The monoisotopic (exact) mass is 873 g/mol. The molecule has 0 fully saturated rings. The lowest BCUT2D eigenvalue weighted by Crippen LogP contribution is -2.15. The largest absolute Gasteiger partial charge is 0.474 e. The quantitative estimate of drug-likeness (QED) is 0.109. The van der Waals surface area contributed by atoms with Crippen molar-refractivity contribution >= 4 is 52.5 Å². The van der Waals surface area contributed by atoms with E-state index in [2.05, 4.69) is 64.1 Å². The van der Waals surface area contributed by atoms with Gasteiger partial charge in [0.1, 0.15) is 54.0 Å². The third-order valence-electron chi connectivity index (χ3n) is 10.7. The fourth-order valence-corrected chi connectivity index (χ4v) is 7.46. The highest BCUT2D eigenvalue weighted by Gasteiger charge is 2.19. The van der Waals surface area contributed by atoms with Gasteiger partial charge in [-0.15, -0.1) is 0 Å². The summed E-state index contributed by atoms with van der Waals surface area (Å²) in [6, 6.07) is 44.5. The molecule has 4 aromatic carbocycles. The van der Waals surface area contributed by atoms with Gasteiger partial charge < -0.3 is 30.2 Å². The predicted molar refractivity (Wildman–Crippen MR) is 251 cm³/mol. The van der Waals surface area contributed by atoms with Crippen LogP contribution in [-0.4, -0.2) is 89.8 Å². The fraction of sp³-hybridized carbons (Fsp3) is 0.118. The molecule has 3 aliphatic heterocycles. The Bertz CT molecular complexity index is 2750. The number of benzene rings is 4. The van der Waals surface area contributed by atoms with Crippen molar-refractivity contribution < 1.29 is 28.6 Å². The average Bonchev–Trinajstić information content (AvgIpc) is 4.21. The molecule has 0 spiro atoms. The first kappa shape index (κ1) is 41.2. The molecular formula is C51H39N9O6. The number of nitrogens with zero attached hydrogens (tertiary/aromatic N) is 6. The number of rotatable bonds is 12. The molecule has 6 heterocycles. The molecule has 15 heteroatoms. The average molecular weight is 874 g/mol. The number of carbonyl (C=O) groups excluding carboxylic acids is 3. The number of hydrogen-bond acceptors (Lipinski definition) is 12. The molecule has 3 aliphatic rings. The Kier molecular flexibility index (Phi) is 11.5. The van der Waals surface area contributed by atoms with Crippen LogP contribution >= 0.6 is 0 Å². The molecule has 0 saturated carbocycles. The summed E-state index contributed by atoms with van der Waals surface area (Å²) in [5.41, 5.74) is 9.57. The van der Waals surface area contributed by atoms with E-state index in [1.807, 2.05) is 72.8 Å². The van der Waals surface area contributed by atoms with Crippen LogP contribution in [0.3, 0.4) is 0 Å². The summed E-state index contributed by atoms with van der Waals surface area (Å²) < 4.78 is 16.6. The van der Waals surface area contributed by atoms with Crippen LogP contribution in [0.1, 0.15) is 48.5 Å². The Labute approximate surface area is 378 Å². The first-order valence-electron chi connectivity index (χ1n) is 21.2. The van der Waals surface area contributed by atoms with Gasteiger partial charge in [-0.3, -0.25) is 14.4 Å². The van der Waals surface area contributed by atoms with Gasteiger partial charge in [-0.2, -0.15) is 0 Å². The number of aromatic nitrogens is 3. The molecule has 3 aromatic heterocycles. The van der Waals surface area contributed by atoms with E-state index in [4.69, 9.17) is 14.2 Å². The van der Waals surface area contributed by atoms with Crippen LogP contribution < -0.4 is 16.0 Å². The molecule has 3 N–H and O–H groups in total. The number of carbonyl (C=O) groups is 3. The zero-order valence-corrected chi connectivity index (χ0v) is 35.2. The number of anilines is 3. The van der Waals surface area contributed by atoms with Crippen LogP contribution in [0.25, 0.3) is 33.4 Å². The number of nitrogens with one attached hydrogen (secondary N) is 3. The minimum atomic E-state index is -0.358. The SMILES string of the molecule is O=C(Nc1ccc(-c2cc(-c3ccc(NC(=O)c4cccc(C5=NCCO5)n4)cc3)cc(-c3ccc(NC(=O)c4cccc(C5=NCCO5)n4)cc3)c2)cc1)c1cccc(C2=NCCO2)n1. The number of aliphatic imine (C=N–C) groups is 3. The minimum Gasteiger partial charge on any atom is -0.474 e. The first-order chi connectivity index (χ1) is 32.4. The summed E-state index contributed by atoms with van der Waals surface area (Å²) in [6.07, 6.45) is 0. The maximum absolute atomic E-state index is 13.3. The van der Waals surface area contributed by atoms with Crippen LogP contribution in [0.2, 0.25) is 0 Å². The van der Waals surface area contributed by atoms with E-state index < -0.39 is 0 Å². The molecule has 0 unspecified atom stereocenters. The van der Waals surface area contributed by atoms with E-state index in [9.17, 15) is 14.4 Å². The van der Waals surface area contributed by atoms with Crippen molar-refractivity contribution in [3.63, 3.8) is 0 Å². The number of hydrogen-bond donors (Lipinski definition) is 3. The third-order valence-corrected chi connectivity index (χ3v) is 10.7. The summed E-state index contributed by atoms with van der Waals surface area (Å²) >= 11 is 0. The van der Waals surface area contributed by atoms with Gasteiger partial charge in [0.15, 0.2) is 0 Å². The van der Waals surface area contributed by atoms with E-state index in [-0.39, 0.29) is 34.8 Å². The van der Waals surface area contributed by atoms with Crippen molar-refractivity contribution in [1.82, 2.24) is 15.0 Å². The van der Waals surface area contributed by atoms with Crippen molar-refractivity contribution in [2.24, 2.45) is 15.0 Å². The van der Waals surface area contributed by atoms with E-state index in [1.165, 1.54) is 0 Å². The van der Waals surface area contributed by atoms with Crippen molar-refractivity contribution in [2.45, 2.75) is 0 Å². The second-order valence-electron chi connectivity index (χ2n) is 15.2. The maximum Gasteiger partial charge on any atom is 0.274 e. The molecule has 0 radical (unpaired) electrons. The molecule has 7 aromatic rings. The Morgan fingerprint density at radius 2 is 0.652 bits per heavy atom. The van der Waals surface area contributed by atoms with Gasteiger partial charge in [-0.25, -0.2) is 29.9 Å². The standard InChI is InChI=1S/C51H39N9O6/c61-46(40-4-1-7-43(58-40)49-52-22-25-64-49)55-37-16-10-31(11-17-37)34-28-35(32-12-18-38(19-13-32)56-47(62)41-5-2-8-44(59-41)50-53-23-26-65-50)30-36(29-34)33-14-20-39(21-15-33)57-48(63)42-6-3-9-45(60-42)51-54-24-27-66-51/h1-21,28-30H,22-27H2,(H,55,61)(H,56,62)(H,57,63). The van der Waals surface area contributed by atoms with Crippen LogP contribution in [0.15, 0.2) is 161 Å². The normalized spacial score (nSPS) is 13.9. The highest BCUT2D eigenvalue weighted by Crippen LogP contribution is 2.34. The Hall–Kier alpha value is -8.85. The third kappa shape index (κ3) is 9.26. The molecule has 10 rings (SSSR count). The number of pyridine rings is 3. The lowest BCUT2D eigenvalue weighted by atomic mass is 9.93. The van der Waals surface area contributed by atoms with Crippen molar-refractivity contribution in [1.29, 1.82) is 0 Å². The van der Waals surface area contributed by atoms with E-state index in [0.29, 0.717) is 91.3 Å². The Morgan fingerprint density at radius 1 is 0.364 bits per heavy atom. The Balaban J connectivity index is 0.900. The molecule has 0 atom stereocenters. The summed E-state index contributed by atoms with van der Waals surface area (Å²) in [6.45, 7) is 3.17. The zero-order valence-electron chi connectivity index (χ0n) is 35.2. The van der Waals surface area contributed by atoms with Gasteiger partial charge in [-0.05, 0) is 124 Å². The zero-order chi connectivity index (χ0) is 44.8. The summed E-state index contributed by atoms with van der Waals surface area (Å²) in [4.78, 5) is 66.1. The lowest BCUT2D eigenvalue weighted by molar-refractivity contribution is 0.101. The van der Waals surface area contributed by atoms with Gasteiger partial charge in [0.25, 0.3) is 17.7 Å². The summed E-state index contributed by atoms with van der Waals surface area (Å²) in [5, 5.41) is 8.84. The number of ether oxygens (including phenoxy) is 3. The van der Waals surface area contributed by atoms with Crippen LogP contribution in [0.5, 0.6) is 0 Å². The lowest BCUT2D eigenvalue weighted by Gasteiger charge is -2.13. The van der Waals surface area contributed by atoms with E-state index >= 15 is 0 Å². The first-order valence-corrected chi connectivity index (χ1v) is 21.2. The topological polar surface area (TPSA) is 191 Å². The highest BCUT2D eigenvalue weighted by atomic mass is 16.5. The van der Waals surface area contributed by atoms with Gasteiger partial charge in [0, 0.05) is 17.1 Å².